The van der Waals surface area contributed by atoms with Crippen molar-refractivity contribution in [2.75, 3.05) is 13.3 Å². The van der Waals surface area contributed by atoms with Gasteiger partial charge in [0, 0.05) is 22.0 Å². The first kappa shape index (κ1) is 29.8. The maximum absolute atomic E-state index is 13.1. The lowest BCUT2D eigenvalue weighted by molar-refractivity contribution is 0.588. The summed E-state index contributed by atoms with van der Waals surface area (Å²) in [5, 5.41) is 5.58. The Morgan fingerprint density at radius 2 is 0.812 bits per heavy atom. The third kappa shape index (κ3) is 5.53. The van der Waals surface area contributed by atoms with Gasteiger partial charge in [-0.3, -0.25) is 0 Å². The lowest BCUT2D eigenvalue weighted by Gasteiger charge is -2.18. The first-order valence-electron chi connectivity index (χ1n) is 16.1. The molecule has 0 saturated heterocycles. The zero-order chi connectivity index (χ0) is 32.7. The van der Waals surface area contributed by atoms with Crippen LogP contribution in [0.3, 0.4) is 0 Å². The largest absolute Gasteiger partial charge is 0.319 e. The number of hydrogen-bond donors (Lipinski definition) is 0. The van der Waals surface area contributed by atoms with Crippen molar-refractivity contribution in [2.45, 2.75) is 0 Å². The minimum absolute atomic E-state index is 0.691. The van der Waals surface area contributed by atoms with Crippen molar-refractivity contribution >= 4 is 34.0 Å². The molecule has 1 aromatic heterocycles. The second kappa shape index (κ2) is 12.2. The molecule has 230 valence electrons. The van der Waals surface area contributed by atoms with Gasteiger partial charge in [-0.25, -0.2) is 9.97 Å². The van der Waals surface area contributed by atoms with Crippen LogP contribution in [0.15, 0.2) is 164 Å². The Labute approximate surface area is 281 Å². The molecule has 0 bridgehead atoms. The highest BCUT2D eigenvalue weighted by atomic mass is 31.2. The van der Waals surface area contributed by atoms with E-state index in [0.717, 1.165) is 50.1 Å². The summed E-state index contributed by atoms with van der Waals surface area (Å²) in [6.07, 6.45) is 0. The Bertz CT molecular complexity index is 2370. The minimum Gasteiger partial charge on any atom is -0.319 e. The first-order valence-corrected chi connectivity index (χ1v) is 18.7. The van der Waals surface area contributed by atoms with Crippen LogP contribution in [-0.4, -0.2) is 23.3 Å². The highest BCUT2D eigenvalue weighted by Crippen LogP contribution is 2.44. The number of nitrogens with zero attached hydrogens (tertiary/aromatic N) is 2. The molecule has 4 heteroatoms. The fourth-order valence-electron chi connectivity index (χ4n) is 6.62. The first-order chi connectivity index (χ1) is 23.4. The van der Waals surface area contributed by atoms with Gasteiger partial charge in [0.2, 0.25) is 0 Å². The zero-order valence-corrected chi connectivity index (χ0v) is 27.7. The quantitative estimate of drug-likeness (QED) is 0.135. The Morgan fingerprint density at radius 1 is 0.396 bits per heavy atom. The molecule has 3 nitrogen and oxygen atoms in total. The van der Waals surface area contributed by atoms with Crippen molar-refractivity contribution < 1.29 is 4.57 Å². The molecule has 48 heavy (non-hydrogen) atoms. The molecule has 0 fully saturated rings. The summed E-state index contributed by atoms with van der Waals surface area (Å²) in [5.74, 6) is 0.691. The van der Waals surface area contributed by atoms with Crippen molar-refractivity contribution in [3.63, 3.8) is 0 Å². The number of rotatable bonds is 6. The summed E-state index contributed by atoms with van der Waals surface area (Å²) >= 11 is 0. The highest BCUT2D eigenvalue weighted by Gasteiger charge is 2.19. The van der Waals surface area contributed by atoms with E-state index in [1.54, 1.807) is 0 Å². The molecule has 0 aliphatic heterocycles. The molecule has 0 aliphatic carbocycles. The van der Waals surface area contributed by atoms with E-state index in [9.17, 15) is 4.57 Å². The normalized spacial score (nSPS) is 11.6. The number of fused-ring (bicyclic) bond motifs is 2. The molecule has 1 heterocycles. The van der Waals surface area contributed by atoms with Gasteiger partial charge in [-0.2, -0.15) is 0 Å². The van der Waals surface area contributed by atoms with Crippen LogP contribution >= 0.6 is 7.14 Å². The lowest BCUT2D eigenvalue weighted by atomic mass is 9.86. The topological polar surface area (TPSA) is 42.9 Å². The van der Waals surface area contributed by atoms with Gasteiger partial charge >= 0.3 is 0 Å². The summed E-state index contributed by atoms with van der Waals surface area (Å²) in [6.45, 7) is 3.67. The van der Waals surface area contributed by atoms with Gasteiger partial charge in [-0.15, -0.1) is 0 Å². The third-order valence-electron chi connectivity index (χ3n) is 8.99. The van der Waals surface area contributed by atoms with Crippen LogP contribution in [0.4, 0.5) is 0 Å². The molecule has 0 amide bonds. The molecule has 0 atom stereocenters. The van der Waals surface area contributed by atoms with E-state index < -0.39 is 7.14 Å². The average molecular weight is 637 g/mol. The maximum atomic E-state index is 13.1. The summed E-state index contributed by atoms with van der Waals surface area (Å²) in [5.41, 5.74) is 9.41. The van der Waals surface area contributed by atoms with Crippen LogP contribution in [0.1, 0.15) is 0 Å². The van der Waals surface area contributed by atoms with Crippen LogP contribution in [0.25, 0.3) is 77.7 Å². The molecular formula is C44H33N2OP. The summed E-state index contributed by atoms with van der Waals surface area (Å²) in [7, 11) is -2.43. The van der Waals surface area contributed by atoms with E-state index in [0.29, 0.717) is 5.82 Å². The molecule has 0 spiro atoms. The summed E-state index contributed by atoms with van der Waals surface area (Å²) in [4.78, 5) is 10.1. The summed E-state index contributed by atoms with van der Waals surface area (Å²) in [6, 6.07) is 56.7. The molecular weight excluding hydrogens is 603 g/mol. The maximum Gasteiger partial charge on any atom is 0.160 e. The predicted octanol–water partition coefficient (Wildman–Crippen LogP) is 11.4. The van der Waals surface area contributed by atoms with Crippen LogP contribution in [0.5, 0.6) is 0 Å². The predicted molar refractivity (Wildman–Crippen MR) is 203 cm³/mol. The van der Waals surface area contributed by atoms with Gasteiger partial charge in [0.1, 0.15) is 7.14 Å². The van der Waals surface area contributed by atoms with E-state index in [2.05, 4.69) is 115 Å². The standard InChI is InChI=1S/C44H33N2OP/c1-48(2,47)35-19-13-18-34(28-35)43-38-22-11-9-20-36(38)42(37-21-10-12-23-39(37)43)32-24-26-33(27-25-32)44-45-40(30-14-5-3-6-15-30)29-41(46-44)31-16-7-4-8-17-31/h3-29H,1-2H3. The van der Waals surface area contributed by atoms with Gasteiger partial charge in [0.15, 0.2) is 5.82 Å². The van der Waals surface area contributed by atoms with Crippen LogP contribution in [0.2, 0.25) is 0 Å². The lowest BCUT2D eigenvalue weighted by Crippen LogP contribution is -2.02. The van der Waals surface area contributed by atoms with E-state index in [1.807, 2.05) is 61.9 Å². The molecule has 0 saturated carbocycles. The van der Waals surface area contributed by atoms with E-state index >= 15 is 0 Å². The van der Waals surface area contributed by atoms with Crippen molar-refractivity contribution in [2.24, 2.45) is 0 Å². The Kier molecular flexibility index (Phi) is 7.56. The second-order valence-corrected chi connectivity index (χ2v) is 15.7. The number of hydrogen-bond acceptors (Lipinski definition) is 3. The Balaban J connectivity index is 1.29. The fraction of sp³-hybridized carbons (Fsp3) is 0.0455. The van der Waals surface area contributed by atoms with Gasteiger partial charge in [0.25, 0.3) is 0 Å². The van der Waals surface area contributed by atoms with Gasteiger partial charge in [-0.1, -0.05) is 152 Å². The average Bonchev–Trinajstić information content (AvgIpc) is 3.14. The third-order valence-corrected chi connectivity index (χ3v) is 10.5. The molecule has 0 aliphatic rings. The van der Waals surface area contributed by atoms with Gasteiger partial charge in [-0.05, 0) is 69.3 Å². The molecule has 7 aromatic carbocycles. The van der Waals surface area contributed by atoms with E-state index in [4.69, 9.17) is 9.97 Å². The Morgan fingerprint density at radius 3 is 1.29 bits per heavy atom. The van der Waals surface area contributed by atoms with Gasteiger partial charge < -0.3 is 4.57 Å². The molecule has 8 aromatic rings. The minimum atomic E-state index is -2.43. The zero-order valence-electron chi connectivity index (χ0n) is 26.8. The van der Waals surface area contributed by atoms with Crippen molar-refractivity contribution in [3.05, 3.63) is 164 Å². The molecule has 0 radical (unpaired) electrons. The summed E-state index contributed by atoms with van der Waals surface area (Å²) < 4.78 is 13.1. The monoisotopic (exact) mass is 636 g/mol. The van der Waals surface area contributed by atoms with Crippen LogP contribution < -0.4 is 5.30 Å². The number of benzene rings is 7. The van der Waals surface area contributed by atoms with E-state index in [1.165, 1.54) is 27.1 Å². The molecule has 0 unspecified atom stereocenters. The Hall–Kier alpha value is -5.63. The van der Waals surface area contributed by atoms with Crippen LogP contribution in [0, 0.1) is 0 Å². The fourth-order valence-corrected chi connectivity index (χ4v) is 7.52. The van der Waals surface area contributed by atoms with E-state index in [-0.39, 0.29) is 0 Å². The molecule has 8 rings (SSSR count). The smallest absolute Gasteiger partial charge is 0.160 e. The number of aromatic nitrogens is 2. The van der Waals surface area contributed by atoms with Crippen molar-refractivity contribution in [1.29, 1.82) is 0 Å². The van der Waals surface area contributed by atoms with Crippen molar-refractivity contribution in [3.8, 4) is 56.2 Å². The second-order valence-electron chi connectivity index (χ2n) is 12.5. The van der Waals surface area contributed by atoms with Gasteiger partial charge in [0.05, 0.1) is 11.4 Å². The molecule has 0 N–H and O–H groups in total. The highest BCUT2D eigenvalue weighted by molar-refractivity contribution is 7.70. The van der Waals surface area contributed by atoms with Crippen LogP contribution in [-0.2, 0) is 4.57 Å². The van der Waals surface area contributed by atoms with Crippen molar-refractivity contribution in [1.82, 2.24) is 9.97 Å². The SMILES string of the molecule is CP(C)(=O)c1cccc(-c2c3ccccc3c(-c3ccc(-c4nc(-c5ccccc5)cc(-c5ccccc5)n4)cc3)c3ccccc23)c1.